The molecular formula is C18H21FN2O5S2. The Hall–Kier alpha value is -2.01. The Bertz CT molecular complexity index is 1030. The van der Waals surface area contributed by atoms with Crippen molar-refractivity contribution in [3.8, 4) is 5.75 Å². The summed E-state index contributed by atoms with van der Waals surface area (Å²) in [5, 5.41) is 0. The third-order valence-electron chi connectivity index (χ3n) is 4.42. The molecule has 1 saturated heterocycles. The third kappa shape index (κ3) is 4.04. The molecule has 0 bridgehead atoms. The Morgan fingerprint density at radius 1 is 0.857 bits per heavy atom. The van der Waals surface area contributed by atoms with Gasteiger partial charge in [-0.15, -0.1) is 0 Å². The van der Waals surface area contributed by atoms with Crippen molar-refractivity contribution in [3.63, 3.8) is 0 Å². The van der Waals surface area contributed by atoms with Crippen LogP contribution in [0.15, 0.2) is 58.3 Å². The van der Waals surface area contributed by atoms with Gasteiger partial charge >= 0.3 is 0 Å². The minimum atomic E-state index is -4.02. The van der Waals surface area contributed by atoms with Crippen LogP contribution in [0.2, 0.25) is 0 Å². The minimum absolute atomic E-state index is 0.0107. The quantitative estimate of drug-likeness (QED) is 0.702. The molecular weight excluding hydrogens is 407 g/mol. The lowest BCUT2D eigenvalue weighted by Gasteiger charge is -2.33. The van der Waals surface area contributed by atoms with Gasteiger partial charge in [-0.05, 0) is 43.3 Å². The highest BCUT2D eigenvalue weighted by Gasteiger charge is 2.34. The Morgan fingerprint density at radius 3 is 1.93 bits per heavy atom. The van der Waals surface area contributed by atoms with Gasteiger partial charge in [-0.25, -0.2) is 21.2 Å². The molecule has 1 fully saturated rings. The number of hydrogen-bond acceptors (Lipinski definition) is 5. The summed E-state index contributed by atoms with van der Waals surface area (Å²) in [6.07, 6.45) is 0. The highest BCUT2D eigenvalue weighted by atomic mass is 32.2. The lowest BCUT2D eigenvalue weighted by molar-refractivity contribution is 0.272. The molecule has 1 aliphatic rings. The summed E-state index contributed by atoms with van der Waals surface area (Å²) in [5.41, 5.74) is 0. The molecule has 0 aliphatic carbocycles. The molecule has 7 nitrogen and oxygen atoms in total. The van der Waals surface area contributed by atoms with Crippen LogP contribution in [0.1, 0.15) is 6.92 Å². The average molecular weight is 429 g/mol. The molecule has 3 rings (SSSR count). The van der Waals surface area contributed by atoms with E-state index in [1.54, 1.807) is 12.1 Å². The van der Waals surface area contributed by atoms with Gasteiger partial charge in [-0.3, -0.25) is 0 Å². The van der Waals surface area contributed by atoms with Crippen LogP contribution < -0.4 is 4.74 Å². The molecule has 28 heavy (non-hydrogen) atoms. The van der Waals surface area contributed by atoms with Gasteiger partial charge in [0.25, 0.3) is 0 Å². The van der Waals surface area contributed by atoms with Crippen LogP contribution in [0.5, 0.6) is 5.75 Å². The van der Waals surface area contributed by atoms with E-state index >= 15 is 0 Å². The van der Waals surface area contributed by atoms with Gasteiger partial charge in [0.1, 0.15) is 16.5 Å². The molecule has 1 heterocycles. The predicted molar refractivity (Wildman–Crippen MR) is 102 cm³/mol. The highest BCUT2D eigenvalue weighted by Crippen LogP contribution is 2.24. The molecule has 0 aromatic heterocycles. The number of piperazine rings is 1. The van der Waals surface area contributed by atoms with Gasteiger partial charge in [0, 0.05) is 26.2 Å². The van der Waals surface area contributed by atoms with Crippen LogP contribution in [0.3, 0.4) is 0 Å². The molecule has 0 radical (unpaired) electrons. The first-order chi connectivity index (χ1) is 13.3. The standard InChI is InChI=1S/C18H21FN2O5S2/c1-2-26-15-7-9-16(10-8-15)27(22,23)20-11-13-21(14-12-20)28(24,25)18-6-4-3-5-17(18)19/h3-10H,2,11-14H2,1H3. The number of sulfonamides is 2. The molecule has 2 aromatic rings. The van der Waals surface area contributed by atoms with E-state index < -0.39 is 30.8 Å². The van der Waals surface area contributed by atoms with Crippen molar-refractivity contribution in [3.05, 3.63) is 54.3 Å². The van der Waals surface area contributed by atoms with Crippen LogP contribution in [-0.4, -0.2) is 58.2 Å². The average Bonchev–Trinajstić information content (AvgIpc) is 2.69. The fourth-order valence-electron chi connectivity index (χ4n) is 2.97. The lowest BCUT2D eigenvalue weighted by atomic mass is 10.3. The number of nitrogens with zero attached hydrogens (tertiary/aromatic N) is 2. The maximum absolute atomic E-state index is 13.9. The van der Waals surface area contributed by atoms with E-state index in [9.17, 15) is 21.2 Å². The minimum Gasteiger partial charge on any atom is -0.494 e. The van der Waals surface area contributed by atoms with Gasteiger partial charge in [0.2, 0.25) is 20.0 Å². The van der Waals surface area contributed by atoms with Crippen molar-refractivity contribution in [1.82, 2.24) is 8.61 Å². The zero-order valence-electron chi connectivity index (χ0n) is 15.3. The van der Waals surface area contributed by atoms with Crippen molar-refractivity contribution in [1.29, 1.82) is 0 Å². The van der Waals surface area contributed by atoms with E-state index in [4.69, 9.17) is 4.74 Å². The smallest absolute Gasteiger partial charge is 0.246 e. The van der Waals surface area contributed by atoms with E-state index in [1.165, 1.54) is 34.6 Å². The van der Waals surface area contributed by atoms with Crippen LogP contribution >= 0.6 is 0 Å². The van der Waals surface area contributed by atoms with Gasteiger partial charge in [0.15, 0.2) is 0 Å². The van der Waals surface area contributed by atoms with Crippen LogP contribution in [0.25, 0.3) is 0 Å². The first-order valence-corrected chi connectivity index (χ1v) is 11.6. The van der Waals surface area contributed by atoms with Crippen molar-refractivity contribution < 1.29 is 26.0 Å². The SMILES string of the molecule is CCOc1ccc(S(=O)(=O)N2CCN(S(=O)(=O)c3ccccc3F)CC2)cc1. The maximum Gasteiger partial charge on any atom is 0.246 e. The summed E-state index contributed by atoms with van der Waals surface area (Å²) < 4.78 is 72.4. The largest absolute Gasteiger partial charge is 0.494 e. The van der Waals surface area contributed by atoms with Crippen LogP contribution in [0.4, 0.5) is 4.39 Å². The monoisotopic (exact) mass is 428 g/mol. The second kappa shape index (κ2) is 8.16. The second-order valence-corrected chi connectivity index (χ2v) is 9.99. The van der Waals surface area contributed by atoms with Gasteiger partial charge in [-0.1, -0.05) is 12.1 Å². The van der Waals surface area contributed by atoms with E-state index in [0.717, 1.165) is 10.4 Å². The molecule has 0 saturated carbocycles. The summed E-state index contributed by atoms with van der Waals surface area (Å²) in [4.78, 5) is -0.292. The summed E-state index contributed by atoms with van der Waals surface area (Å²) in [6.45, 7) is 2.19. The molecule has 10 heteroatoms. The fourth-order valence-corrected chi connectivity index (χ4v) is 5.88. The van der Waals surface area contributed by atoms with E-state index in [1.807, 2.05) is 6.92 Å². The molecule has 2 aromatic carbocycles. The lowest BCUT2D eigenvalue weighted by Crippen LogP contribution is -2.50. The third-order valence-corrected chi connectivity index (χ3v) is 8.27. The van der Waals surface area contributed by atoms with E-state index in [0.29, 0.717) is 12.4 Å². The molecule has 0 atom stereocenters. The highest BCUT2D eigenvalue weighted by molar-refractivity contribution is 7.89. The fraction of sp³-hybridized carbons (Fsp3) is 0.333. The molecule has 0 amide bonds. The number of rotatable bonds is 6. The Balaban J connectivity index is 1.73. The van der Waals surface area contributed by atoms with Crippen molar-refractivity contribution in [2.75, 3.05) is 32.8 Å². The summed E-state index contributed by atoms with van der Waals surface area (Å²) in [7, 11) is -7.77. The normalized spacial score (nSPS) is 16.8. The second-order valence-electron chi connectivity index (χ2n) is 6.14. The van der Waals surface area contributed by atoms with Gasteiger partial charge in [-0.2, -0.15) is 8.61 Å². The molecule has 0 unspecified atom stereocenters. The number of halogens is 1. The Labute approximate surface area is 164 Å². The molecule has 1 aliphatic heterocycles. The molecule has 152 valence electrons. The molecule has 0 spiro atoms. The first kappa shape index (κ1) is 20.7. The van der Waals surface area contributed by atoms with Crippen LogP contribution in [-0.2, 0) is 20.0 Å². The van der Waals surface area contributed by atoms with Crippen molar-refractivity contribution in [2.24, 2.45) is 0 Å². The summed E-state index contributed by atoms with van der Waals surface area (Å²) >= 11 is 0. The molecule has 0 N–H and O–H groups in total. The van der Waals surface area contributed by atoms with Crippen molar-refractivity contribution in [2.45, 2.75) is 16.7 Å². The predicted octanol–water partition coefficient (Wildman–Crippen LogP) is 1.92. The summed E-state index contributed by atoms with van der Waals surface area (Å²) in [5.74, 6) is -0.255. The summed E-state index contributed by atoms with van der Waals surface area (Å²) in [6, 6.07) is 11.2. The Kier molecular flexibility index (Phi) is 6.04. The zero-order valence-corrected chi connectivity index (χ0v) is 16.9. The van der Waals surface area contributed by atoms with Gasteiger partial charge in [0.05, 0.1) is 11.5 Å². The van der Waals surface area contributed by atoms with Gasteiger partial charge < -0.3 is 4.74 Å². The van der Waals surface area contributed by atoms with E-state index in [2.05, 4.69) is 0 Å². The number of ether oxygens (including phenoxy) is 1. The van der Waals surface area contributed by atoms with E-state index in [-0.39, 0.29) is 31.1 Å². The van der Waals surface area contributed by atoms with Crippen molar-refractivity contribution >= 4 is 20.0 Å². The Morgan fingerprint density at radius 2 is 1.39 bits per heavy atom. The number of hydrogen-bond donors (Lipinski definition) is 0. The first-order valence-electron chi connectivity index (χ1n) is 8.74. The number of benzene rings is 2. The van der Waals surface area contributed by atoms with Crippen LogP contribution in [0, 0.1) is 5.82 Å². The zero-order chi connectivity index (χ0) is 20.4. The maximum atomic E-state index is 13.9. The topological polar surface area (TPSA) is 84.0 Å².